The maximum atomic E-state index is 12.4. The van der Waals surface area contributed by atoms with Crippen LogP contribution >= 0.6 is 0 Å². The molecule has 0 aliphatic rings. The lowest BCUT2D eigenvalue weighted by molar-refractivity contribution is -0.384. The Bertz CT molecular complexity index is 976. The molecule has 0 radical (unpaired) electrons. The van der Waals surface area contributed by atoms with E-state index in [0.29, 0.717) is 29.0 Å². The molecule has 0 aliphatic heterocycles. The molecule has 140 valence electrons. The van der Waals surface area contributed by atoms with E-state index in [1.807, 2.05) is 6.92 Å². The molecule has 1 aromatic carbocycles. The number of aromatic nitrogens is 3. The van der Waals surface area contributed by atoms with Crippen LogP contribution in [0.2, 0.25) is 0 Å². The number of esters is 1. The fourth-order valence-corrected chi connectivity index (χ4v) is 2.43. The van der Waals surface area contributed by atoms with Gasteiger partial charge in [-0.3, -0.25) is 10.1 Å². The molecule has 0 fully saturated rings. The second kappa shape index (κ2) is 7.36. The lowest BCUT2D eigenvalue weighted by atomic mass is 10.1. The number of hydrogen-bond acceptors (Lipinski definition) is 9. The van der Waals surface area contributed by atoms with Crippen molar-refractivity contribution in [2.75, 3.05) is 0 Å². The van der Waals surface area contributed by atoms with Crippen molar-refractivity contribution in [3.8, 4) is 11.5 Å². The molecular weight excluding hydrogens is 356 g/mol. The van der Waals surface area contributed by atoms with Crippen molar-refractivity contribution in [3.63, 3.8) is 0 Å². The largest absolute Gasteiger partial charge is 0.449 e. The lowest BCUT2D eigenvalue weighted by Gasteiger charge is -2.09. The molecule has 2 heterocycles. The van der Waals surface area contributed by atoms with Crippen LogP contribution < -0.4 is 0 Å². The monoisotopic (exact) mass is 372 g/mol. The highest BCUT2D eigenvalue weighted by atomic mass is 16.6. The van der Waals surface area contributed by atoms with Crippen molar-refractivity contribution >= 4 is 11.7 Å². The van der Waals surface area contributed by atoms with E-state index in [0.717, 1.165) is 0 Å². The first-order chi connectivity index (χ1) is 12.9. The van der Waals surface area contributed by atoms with E-state index in [1.165, 1.54) is 24.3 Å². The van der Waals surface area contributed by atoms with Crippen molar-refractivity contribution in [1.82, 2.24) is 15.4 Å². The second-order valence-corrected chi connectivity index (χ2v) is 5.71. The molecule has 0 bridgehead atoms. The van der Waals surface area contributed by atoms with Crippen molar-refractivity contribution in [3.05, 3.63) is 57.3 Å². The molecule has 3 rings (SSSR count). The Labute approximate surface area is 153 Å². The summed E-state index contributed by atoms with van der Waals surface area (Å²) < 4.78 is 15.9. The molecular formula is C17H16N4O6. The number of rotatable bonds is 6. The van der Waals surface area contributed by atoms with Crippen molar-refractivity contribution in [2.45, 2.75) is 33.3 Å². The van der Waals surface area contributed by atoms with Gasteiger partial charge in [0, 0.05) is 17.7 Å². The number of nitro groups is 1. The predicted octanol–water partition coefficient (Wildman–Crippen LogP) is 3.42. The molecule has 10 heteroatoms. The number of nitro benzene ring substituents is 1. The van der Waals surface area contributed by atoms with E-state index in [2.05, 4.69) is 15.4 Å². The molecule has 27 heavy (non-hydrogen) atoms. The maximum Gasteiger partial charge on any atom is 0.344 e. The molecule has 0 saturated heterocycles. The Balaban J connectivity index is 1.75. The number of hydrogen-bond donors (Lipinski definition) is 0. The summed E-state index contributed by atoms with van der Waals surface area (Å²) >= 11 is 0. The van der Waals surface area contributed by atoms with Gasteiger partial charge in [0.2, 0.25) is 5.89 Å². The molecule has 0 N–H and O–H groups in total. The average molecular weight is 372 g/mol. The molecule has 1 atom stereocenters. The number of carbonyl (C=O) groups is 1. The molecule has 0 unspecified atom stereocenters. The van der Waals surface area contributed by atoms with E-state index >= 15 is 0 Å². The van der Waals surface area contributed by atoms with Crippen molar-refractivity contribution < 1.29 is 23.4 Å². The van der Waals surface area contributed by atoms with E-state index < -0.39 is 17.0 Å². The summed E-state index contributed by atoms with van der Waals surface area (Å²) in [6, 6.07) is 5.67. The summed E-state index contributed by atoms with van der Waals surface area (Å²) in [5.41, 5.74) is 1.28. The van der Waals surface area contributed by atoms with Crippen LogP contribution in [0.1, 0.15) is 47.7 Å². The molecule has 0 aliphatic carbocycles. The summed E-state index contributed by atoms with van der Waals surface area (Å²) in [5.74, 6) is 0.0522. The van der Waals surface area contributed by atoms with Crippen LogP contribution in [0.15, 0.2) is 33.2 Å². The number of ether oxygens (including phenoxy) is 1. The summed E-state index contributed by atoms with van der Waals surface area (Å²) in [7, 11) is 0. The minimum absolute atomic E-state index is 0.0448. The van der Waals surface area contributed by atoms with Crippen LogP contribution in [0.25, 0.3) is 11.5 Å². The average Bonchev–Trinajstić information content (AvgIpc) is 3.28. The minimum Gasteiger partial charge on any atom is -0.449 e. The van der Waals surface area contributed by atoms with E-state index in [9.17, 15) is 14.9 Å². The summed E-state index contributed by atoms with van der Waals surface area (Å²) in [6.45, 7) is 5.08. The summed E-state index contributed by atoms with van der Waals surface area (Å²) in [5, 5.41) is 22.3. The fraction of sp³-hybridized carbons (Fsp3) is 0.294. The smallest absolute Gasteiger partial charge is 0.344 e. The van der Waals surface area contributed by atoms with Crippen LogP contribution in [-0.2, 0) is 11.2 Å². The van der Waals surface area contributed by atoms with Gasteiger partial charge in [0.1, 0.15) is 11.3 Å². The Morgan fingerprint density at radius 2 is 2.00 bits per heavy atom. The van der Waals surface area contributed by atoms with Crippen LogP contribution in [0.5, 0.6) is 0 Å². The molecule has 2 aromatic heterocycles. The molecule has 0 saturated carbocycles. The van der Waals surface area contributed by atoms with Crippen LogP contribution in [0.3, 0.4) is 0 Å². The summed E-state index contributed by atoms with van der Waals surface area (Å²) in [6.07, 6.45) is -0.267. The molecule has 10 nitrogen and oxygen atoms in total. The SMILES string of the molecule is CCc1noc(C)c1C(=O)O[C@H](C)c1nnc(-c2ccc([N+](=O)[O-])cc2)o1. The van der Waals surface area contributed by atoms with E-state index in [1.54, 1.807) is 13.8 Å². The Morgan fingerprint density at radius 3 is 2.63 bits per heavy atom. The number of aryl methyl sites for hydroxylation is 2. The van der Waals surface area contributed by atoms with Gasteiger partial charge in [0.15, 0.2) is 6.10 Å². The fourth-order valence-electron chi connectivity index (χ4n) is 2.43. The van der Waals surface area contributed by atoms with Crippen LogP contribution in [-0.4, -0.2) is 26.2 Å². The normalized spacial score (nSPS) is 12.0. The first-order valence-corrected chi connectivity index (χ1v) is 8.15. The number of non-ortho nitro benzene ring substituents is 1. The number of carbonyl (C=O) groups excluding carboxylic acids is 1. The van der Waals surface area contributed by atoms with Gasteiger partial charge in [0.25, 0.3) is 11.6 Å². The third-order valence-corrected chi connectivity index (χ3v) is 3.87. The lowest BCUT2D eigenvalue weighted by Crippen LogP contribution is -2.11. The molecule has 0 amide bonds. The van der Waals surface area contributed by atoms with Gasteiger partial charge >= 0.3 is 5.97 Å². The van der Waals surface area contributed by atoms with Gasteiger partial charge < -0.3 is 13.7 Å². The number of benzene rings is 1. The first-order valence-electron chi connectivity index (χ1n) is 8.15. The van der Waals surface area contributed by atoms with Crippen molar-refractivity contribution in [1.29, 1.82) is 0 Å². The van der Waals surface area contributed by atoms with Crippen molar-refractivity contribution in [2.24, 2.45) is 0 Å². The van der Waals surface area contributed by atoms with Gasteiger partial charge in [-0.15, -0.1) is 10.2 Å². The van der Waals surface area contributed by atoms with E-state index in [4.69, 9.17) is 13.7 Å². The maximum absolute atomic E-state index is 12.4. The Morgan fingerprint density at radius 1 is 1.30 bits per heavy atom. The first kappa shape index (κ1) is 18.2. The minimum atomic E-state index is -0.796. The Kier molecular flexibility index (Phi) is 4.97. The standard InChI is InChI=1S/C17H16N4O6/c1-4-13-14(9(2)27-20-13)17(22)25-10(3)15-18-19-16(26-15)11-5-7-12(8-6-11)21(23)24/h5-8,10H,4H2,1-3H3/t10-/m1/s1. The highest BCUT2D eigenvalue weighted by Gasteiger charge is 2.25. The van der Waals surface area contributed by atoms with Gasteiger partial charge in [-0.1, -0.05) is 12.1 Å². The topological polar surface area (TPSA) is 134 Å². The zero-order valence-electron chi connectivity index (χ0n) is 14.8. The summed E-state index contributed by atoms with van der Waals surface area (Å²) in [4.78, 5) is 22.6. The van der Waals surface area contributed by atoms with Gasteiger partial charge in [-0.25, -0.2) is 4.79 Å². The Hall–Kier alpha value is -3.56. The third-order valence-electron chi connectivity index (χ3n) is 3.87. The van der Waals surface area contributed by atoms with Gasteiger partial charge in [0.05, 0.1) is 10.6 Å². The molecule has 0 spiro atoms. The van der Waals surface area contributed by atoms with Crippen LogP contribution in [0, 0.1) is 17.0 Å². The quantitative estimate of drug-likeness (QED) is 0.362. The second-order valence-electron chi connectivity index (χ2n) is 5.71. The highest BCUT2D eigenvalue weighted by Crippen LogP contribution is 2.25. The van der Waals surface area contributed by atoms with Gasteiger partial charge in [-0.2, -0.15) is 0 Å². The zero-order valence-corrected chi connectivity index (χ0v) is 14.8. The van der Waals surface area contributed by atoms with E-state index in [-0.39, 0.29) is 17.5 Å². The predicted molar refractivity (Wildman–Crippen MR) is 90.8 cm³/mol. The number of nitrogens with zero attached hydrogens (tertiary/aromatic N) is 4. The highest BCUT2D eigenvalue weighted by molar-refractivity contribution is 5.91. The van der Waals surface area contributed by atoms with Gasteiger partial charge in [-0.05, 0) is 32.4 Å². The zero-order chi connectivity index (χ0) is 19.6. The van der Waals surface area contributed by atoms with Crippen LogP contribution in [0.4, 0.5) is 5.69 Å². The third kappa shape index (κ3) is 3.68. The molecule has 3 aromatic rings.